The van der Waals surface area contributed by atoms with Gasteiger partial charge in [0, 0.05) is 11.5 Å². The smallest absolute Gasteiger partial charge is 0.241 e. The Kier molecular flexibility index (Phi) is 6.82. The van der Waals surface area contributed by atoms with Gasteiger partial charge in [0.25, 0.3) is 0 Å². The number of fused-ring (bicyclic) bond motifs is 4. The van der Waals surface area contributed by atoms with E-state index in [2.05, 4.69) is 6.58 Å². The predicted octanol–water partition coefficient (Wildman–Crippen LogP) is 6.35. The van der Waals surface area contributed by atoms with Gasteiger partial charge in [0.05, 0.1) is 39.6 Å². The lowest BCUT2D eigenvalue weighted by Gasteiger charge is -2.49. The number of hydrogen-bond donors (Lipinski definition) is 1. The summed E-state index contributed by atoms with van der Waals surface area (Å²) < 4.78 is 14.1. The van der Waals surface area contributed by atoms with E-state index in [9.17, 15) is 28.7 Å². The number of phenolic OH excluding ortho intramolecular Hbond substituents is 1. The first kappa shape index (κ1) is 29.2. The van der Waals surface area contributed by atoms with Gasteiger partial charge in [-0.25, -0.2) is 9.29 Å². The molecule has 0 bridgehead atoms. The Labute approximate surface area is 264 Å². The number of imide groups is 2. The molecule has 45 heavy (non-hydrogen) atoms. The van der Waals surface area contributed by atoms with Crippen LogP contribution in [0.2, 0.25) is 5.02 Å². The Morgan fingerprint density at radius 3 is 2.42 bits per heavy atom. The molecule has 1 N–H and O–H groups in total. The fourth-order valence-electron chi connectivity index (χ4n) is 8.23. The fourth-order valence-corrected chi connectivity index (χ4v) is 8.40. The second-order valence-electron chi connectivity index (χ2n) is 12.5. The van der Waals surface area contributed by atoms with E-state index in [1.807, 2.05) is 12.1 Å². The summed E-state index contributed by atoms with van der Waals surface area (Å²) in [5.41, 5.74) is 1.11. The minimum atomic E-state index is -1.36. The van der Waals surface area contributed by atoms with Crippen LogP contribution in [0.5, 0.6) is 5.75 Å². The molecule has 3 fully saturated rings. The molecule has 0 aromatic heterocycles. The maximum absolute atomic E-state index is 14.5. The summed E-state index contributed by atoms with van der Waals surface area (Å²) >= 11 is 6.07. The van der Waals surface area contributed by atoms with Crippen molar-refractivity contribution in [1.29, 1.82) is 0 Å². The topological polar surface area (TPSA) is 95.0 Å². The Morgan fingerprint density at radius 1 is 0.956 bits per heavy atom. The number of halogens is 2. The second kappa shape index (κ2) is 10.5. The number of para-hydroxylation sites is 2. The molecule has 7 nitrogen and oxygen atoms in total. The number of hydrogen-bond acceptors (Lipinski definition) is 5. The molecule has 4 aliphatic rings. The van der Waals surface area contributed by atoms with E-state index in [0.717, 1.165) is 16.5 Å². The van der Waals surface area contributed by atoms with Crippen molar-refractivity contribution in [2.75, 3.05) is 9.80 Å². The van der Waals surface area contributed by atoms with Crippen molar-refractivity contribution < 1.29 is 28.7 Å². The van der Waals surface area contributed by atoms with Gasteiger partial charge < -0.3 is 5.11 Å². The van der Waals surface area contributed by atoms with Crippen LogP contribution in [0.1, 0.15) is 36.8 Å². The maximum Gasteiger partial charge on any atom is 0.241 e. The van der Waals surface area contributed by atoms with E-state index < -0.39 is 52.6 Å². The normalized spacial score (nSPS) is 29.0. The molecule has 228 valence electrons. The summed E-state index contributed by atoms with van der Waals surface area (Å²) in [6, 6.07) is 17.8. The molecule has 3 aromatic carbocycles. The summed E-state index contributed by atoms with van der Waals surface area (Å²) in [5, 5.41) is 11.4. The summed E-state index contributed by atoms with van der Waals surface area (Å²) in [6.07, 6.45) is 4.43. The summed E-state index contributed by atoms with van der Waals surface area (Å²) in [4.78, 5) is 59.0. The third kappa shape index (κ3) is 4.08. The van der Waals surface area contributed by atoms with Gasteiger partial charge in [-0.2, -0.15) is 0 Å². The van der Waals surface area contributed by atoms with Gasteiger partial charge in [-0.1, -0.05) is 65.7 Å². The van der Waals surface area contributed by atoms with E-state index in [4.69, 9.17) is 11.6 Å². The molecule has 2 aliphatic heterocycles. The van der Waals surface area contributed by atoms with Crippen molar-refractivity contribution in [3.63, 3.8) is 0 Å². The minimum absolute atomic E-state index is 0.00527. The average molecular weight is 625 g/mol. The zero-order chi connectivity index (χ0) is 31.8. The van der Waals surface area contributed by atoms with Gasteiger partial charge in [-0.3, -0.25) is 24.1 Å². The van der Waals surface area contributed by atoms with Gasteiger partial charge in [-0.15, -0.1) is 6.58 Å². The van der Waals surface area contributed by atoms with Crippen LogP contribution in [0.25, 0.3) is 0 Å². The number of nitrogens with zero attached hydrogens (tertiary/aromatic N) is 2. The Bertz CT molecular complexity index is 1840. The average Bonchev–Trinajstić information content (AvgIpc) is 3.40. The largest absolute Gasteiger partial charge is 0.507 e. The molecule has 3 aromatic rings. The number of phenols is 1. The lowest BCUT2D eigenvalue weighted by molar-refractivity contribution is -0.131. The highest BCUT2D eigenvalue weighted by Crippen LogP contribution is 2.64. The number of carbonyl (C=O) groups excluding carboxylic acids is 4. The summed E-state index contributed by atoms with van der Waals surface area (Å²) in [5.74, 6) is -5.86. The van der Waals surface area contributed by atoms with Crippen molar-refractivity contribution in [2.45, 2.75) is 32.1 Å². The zero-order valence-corrected chi connectivity index (χ0v) is 25.2. The Morgan fingerprint density at radius 2 is 1.71 bits per heavy atom. The third-order valence-electron chi connectivity index (χ3n) is 10.3. The third-order valence-corrected chi connectivity index (χ3v) is 10.6. The standard InChI is InChI=1S/C36H30ClFN2O5/c1-3-8-19-9-7-12-24(31(19)41)30-22-14-15-23-29(34(44)39(32(23)42)20-10-5-4-6-11-20)25(22)18-26-33(43)40(35(45)36(26,30)2)21-13-16-28(38)27(37)17-21/h3-7,9-14,16-17,23,25-26,29-30,41H,1,8,15,18H2,2H3. The SMILES string of the molecule is C=CCc1cccc(C2C3=CCC4C(=O)N(c5ccccc5)C(=O)C4C3CC3C(=O)N(c4ccc(F)c(Cl)c4)C(=O)C32C)c1O. The van der Waals surface area contributed by atoms with E-state index in [1.54, 1.807) is 55.5 Å². The van der Waals surface area contributed by atoms with Crippen LogP contribution < -0.4 is 9.80 Å². The van der Waals surface area contributed by atoms with Gasteiger partial charge in [0.15, 0.2) is 0 Å². The Hall–Kier alpha value is -4.56. The van der Waals surface area contributed by atoms with Crippen molar-refractivity contribution in [3.05, 3.63) is 113 Å². The monoisotopic (exact) mass is 624 g/mol. The predicted molar refractivity (Wildman–Crippen MR) is 167 cm³/mol. The van der Waals surface area contributed by atoms with Gasteiger partial charge in [-0.05, 0) is 68.0 Å². The summed E-state index contributed by atoms with van der Waals surface area (Å²) in [7, 11) is 0. The van der Waals surface area contributed by atoms with Crippen LogP contribution in [0.4, 0.5) is 15.8 Å². The number of carbonyl (C=O) groups is 4. The molecule has 2 saturated heterocycles. The molecule has 0 radical (unpaired) electrons. The first-order chi connectivity index (χ1) is 21.6. The molecule has 4 amide bonds. The molecule has 6 unspecified atom stereocenters. The number of rotatable bonds is 5. The van der Waals surface area contributed by atoms with E-state index >= 15 is 0 Å². The molecule has 1 saturated carbocycles. The van der Waals surface area contributed by atoms with Crippen LogP contribution in [0.3, 0.4) is 0 Å². The molecular formula is C36H30ClFN2O5. The quantitative estimate of drug-likeness (QED) is 0.264. The van der Waals surface area contributed by atoms with Crippen LogP contribution in [0.15, 0.2) is 91.0 Å². The van der Waals surface area contributed by atoms with Crippen LogP contribution in [-0.2, 0) is 25.6 Å². The molecule has 6 atom stereocenters. The van der Waals surface area contributed by atoms with Crippen molar-refractivity contribution in [2.24, 2.45) is 29.1 Å². The van der Waals surface area contributed by atoms with Crippen LogP contribution >= 0.6 is 11.6 Å². The summed E-state index contributed by atoms with van der Waals surface area (Å²) in [6.45, 7) is 5.53. The van der Waals surface area contributed by atoms with Crippen LogP contribution in [0, 0.1) is 34.9 Å². The molecular weight excluding hydrogens is 595 g/mol. The number of benzene rings is 3. The molecule has 0 spiro atoms. The Balaban J connectivity index is 1.40. The number of allylic oxidation sites excluding steroid dienone is 3. The molecule has 2 heterocycles. The van der Waals surface area contributed by atoms with Crippen molar-refractivity contribution >= 4 is 46.6 Å². The zero-order valence-electron chi connectivity index (χ0n) is 24.5. The molecule has 9 heteroatoms. The van der Waals surface area contributed by atoms with Gasteiger partial charge in [0.1, 0.15) is 11.6 Å². The van der Waals surface area contributed by atoms with E-state index in [0.29, 0.717) is 23.2 Å². The first-order valence-corrected chi connectivity index (χ1v) is 15.3. The first-order valence-electron chi connectivity index (χ1n) is 15.0. The minimum Gasteiger partial charge on any atom is -0.507 e. The number of amides is 4. The number of aromatic hydroxyl groups is 1. The molecule has 2 aliphatic carbocycles. The lowest BCUT2D eigenvalue weighted by Crippen LogP contribution is -2.49. The molecule has 7 rings (SSSR count). The fraction of sp³-hybridized carbons (Fsp3) is 0.278. The van der Waals surface area contributed by atoms with Gasteiger partial charge in [0.2, 0.25) is 23.6 Å². The highest BCUT2D eigenvalue weighted by Gasteiger charge is 2.68. The van der Waals surface area contributed by atoms with E-state index in [-0.39, 0.29) is 41.1 Å². The highest BCUT2D eigenvalue weighted by atomic mass is 35.5. The highest BCUT2D eigenvalue weighted by molar-refractivity contribution is 6.32. The maximum atomic E-state index is 14.5. The van der Waals surface area contributed by atoms with Crippen molar-refractivity contribution in [3.8, 4) is 5.75 Å². The number of anilines is 2. The van der Waals surface area contributed by atoms with Crippen molar-refractivity contribution in [1.82, 2.24) is 0 Å². The van der Waals surface area contributed by atoms with E-state index in [1.165, 1.54) is 17.0 Å². The van der Waals surface area contributed by atoms with Gasteiger partial charge >= 0.3 is 0 Å². The lowest BCUT2D eigenvalue weighted by atomic mass is 9.51. The van der Waals surface area contributed by atoms with Crippen LogP contribution in [-0.4, -0.2) is 28.7 Å². The second-order valence-corrected chi connectivity index (χ2v) is 12.9.